The molecule has 6 rings (SSSR count). The van der Waals surface area contributed by atoms with E-state index in [0.29, 0.717) is 36.6 Å². The number of carbonyl (C=O) groups is 2. The van der Waals surface area contributed by atoms with Crippen molar-refractivity contribution in [3.05, 3.63) is 112 Å². The molecule has 0 unspecified atom stereocenters. The highest BCUT2D eigenvalue weighted by atomic mass is 19.4. The number of fused-ring (bicyclic) bond motifs is 4. The summed E-state index contributed by atoms with van der Waals surface area (Å²) in [5.41, 5.74) is 3.00. The van der Waals surface area contributed by atoms with Crippen LogP contribution in [0.1, 0.15) is 38.7 Å². The van der Waals surface area contributed by atoms with Gasteiger partial charge in [0, 0.05) is 54.1 Å². The SMILES string of the molecule is COc1ccc(C(=O)Nc2cc(C(=O)Nc3ccc(OC(F)(F)F)cc3)ccc2N2C[C@H]3C[C@@H](C2)c2cccc(=O)n2C3)cc1. The van der Waals surface area contributed by atoms with Crippen LogP contribution in [0.5, 0.6) is 11.5 Å². The zero-order valence-electron chi connectivity index (χ0n) is 24.1. The fourth-order valence-corrected chi connectivity index (χ4v) is 6.03. The van der Waals surface area contributed by atoms with E-state index in [4.69, 9.17) is 4.74 Å². The lowest BCUT2D eigenvalue weighted by Crippen LogP contribution is -2.47. The molecule has 2 aliphatic rings. The maximum absolute atomic E-state index is 13.3. The number of alkyl halides is 3. The van der Waals surface area contributed by atoms with Crippen LogP contribution in [0.4, 0.5) is 30.2 Å². The molecule has 3 heterocycles. The minimum Gasteiger partial charge on any atom is -0.497 e. The molecule has 2 amide bonds. The number of piperidine rings is 1. The number of nitrogens with zero attached hydrogens (tertiary/aromatic N) is 2. The standard InChI is InChI=1S/C33H29F3N4O5/c1-44-25-10-5-21(6-11-25)31(42)38-27-16-22(32(43)37-24-8-12-26(13-9-24)45-33(34,35)36)7-14-29(27)39-17-20-15-23(19-39)28-3-2-4-30(41)40(28)18-20/h2-14,16,20,23H,15,17-19H2,1H3,(H,37,43)(H,38,42)/t20-,23+/m1/s1. The zero-order valence-corrected chi connectivity index (χ0v) is 24.1. The largest absolute Gasteiger partial charge is 0.573 e. The van der Waals surface area contributed by atoms with Gasteiger partial charge in [0.05, 0.1) is 18.5 Å². The number of methoxy groups -OCH3 is 1. The van der Waals surface area contributed by atoms with Crippen molar-refractivity contribution in [2.45, 2.75) is 25.2 Å². The molecule has 0 radical (unpaired) electrons. The molecule has 232 valence electrons. The Balaban J connectivity index is 1.28. The minimum atomic E-state index is -4.83. The Morgan fingerprint density at radius 1 is 0.822 bits per heavy atom. The number of nitrogens with one attached hydrogen (secondary N) is 2. The van der Waals surface area contributed by atoms with E-state index in [-0.39, 0.29) is 34.6 Å². The van der Waals surface area contributed by atoms with Crippen LogP contribution in [0.15, 0.2) is 89.7 Å². The topological polar surface area (TPSA) is 102 Å². The van der Waals surface area contributed by atoms with Gasteiger partial charge in [-0.1, -0.05) is 6.07 Å². The summed E-state index contributed by atoms with van der Waals surface area (Å²) >= 11 is 0. The third-order valence-corrected chi connectivity index (χ3v) is 8.03. The summed E-state index contributed by atoms with van der Waals surface area (Å²) in [6, 6.07) is 21.8. The van der Waals surface area contributed by atoms with Crippen molar-refractivity contribution in [1.82, 2.24) is 4.57 Å². The van der Waals surface area contributed by atoms with E-state index in [1.165, 1.54) is 19.2 Å². The van der Waals surface area contributed by atoms with Crippen molar-refractivity contribution in [3.63, 3.8) is 0 Å². The normalized spacial score (nSPS) is 17.2. The molecular formula is C33H29F3N4O5. The fourth-order valence-electron chi connectivity index (χ4n) is 6.03. The Morgan fingerprint density at radius 2 is 1.51 bits per heavy atom. The predicted molar refractivity (Wildman–Crippen MR) is 162 cm³/mol. The number of carbonyl (C=O) groups excluding carboxylic acids is 2. The van der Waals surface area contributed by atoms with E-state index in [0.717, 1.165) is 29.9 Å². The number of halogens is 3. The van der Waals surface area contributed by atoms with Crippen LogP contribution in [0, 0.1) is 5.92 Å². The Hall–Kier alpha value is -5.26. The monoisotopic (exact) mass is 618 g/mol. The average Bonchev–Trinajstić information content (AvgIpc) is 3.01. The van der Waals surface area contributed by atoms with Gasteiger partial charge in [0.15, 0.2) is 0 Å². The number of amides is 2. The molecule has 2 aliphatic heterocycles. The highest BCUT2D eigenvalue weighted by Crippen LogP contribution is 2.39. The number of anilines is 3. The third kappa shape index (κ3) is 6.64. The number of aromatic nitrogens is 1. The molecule has 1 fully saturated rings. The van der Waals surface area contributed by atoms with Crippen molar-refractivity contribution < 1.29 is 32.2 Å². The van der Waals surface area contributed by atoms with Crippen LogP contribution in [0.25, 0.3) is 0 Å². The van der Waals surface area contributed by atoms with Crippen LogP contribution in [0.3, 0.4) is 0 Å². The lowest BCUT2D eigenvalue weighted by atomic mass is 9.83. The van der Waals surface area contributed by atoms with Crippen LogP contribution in [-0.4, -0.2) is 42.9 Å². The number of hydrogen-bond acceptors (Lipinski definition) is 6. The number of benzene rings is 3. The second-order valence-corrected chi connectivity index (χ2v) is 11.0. The molecule has 9 nitrogen and oxygen atoms in total. The molecule has 2 atom stereocenters. The van der Waals surface area contributed by atoms with Crippen LogP contribution in [-0.2, 0) is 6.54 Å². The lowest BCUT2D eigenvalue weighted by molar-refractivity contribution is -0.274. The molecular weight excluding hydrogens is 589 g/mol. The number of pyridine rings is 1. The van der Waals surface area contributed by atoms with Crippen LogP contribution < -0.4 is 30.6 Å². The highest BCUT2D eigenvalue weighted by Gasteiger charge is 2.35. The van der Waals surface area contributed by atoms with Crippen molar-refractivity contribution in [2.24, 2.45) is 5.92 Å². The second-order valence-electron chi connectivity index (χ2n) is 11.0. The summed E-state index contributed by atoms with van der Waals surface area (Å²) in [6.45, 7) is 1.87. The van der Waals surface area contributed by atoms with Gasteiger partial charge in [0.2, 0.25) is 0 Å². The van der Waals surface area contributed by atoms with E-state index in [9.17, 15) is 27.6 Å². The summed E-state index contributed by atoms with van der Waals surface area (Å²) in [6.07, 6.45) is -3.88. The van der Waals surface area contributed by atoms with Crippen LogP contribution in [0.2, 0.25) is 0 Å². The maximum atomic E-state index is 13.3. The molecule has 1 saturated heterocycles. The maximum Gasteiger partial charge on any atom is 0.573 e. The van der Waals surface area contributed by atoms with Crippen molar-refractivity contribution >= 4 is 28.9 Å². The molecule has 3 aromatic carbocycles. The van der Waals surface area contributed by atoms with Crippen molar-refractivity contribution in [3.8, 4) is 11.5 Å². The Kier molecular flexibility index (Phi) is 7.96. The van der Waals surface area contributed by atoms with Gasteiger partial charge in [-0.3, -0.25) is 14.4 Å². The Morgan fingerprint density at radius 3 is 2.22 bits per heavy atom. The Labute approximate surface area is 256 Å². The third-order valence-electron chi connectivity index (χ3n) is 8.03. The van der Waals surface area contributed by atoms with E-state index in [1.54, 1.807) is 54.6 Å². The van der Waals surface area contributed by atoms with Gasteiger partial charge < -0.3 is 29.6 Å². The summed E-state index contributed by atoms with van der Waals surface area (Å²) in [5.74, 6) is -0.381. The average molecular weight is 619 g/mol. The van der Waals surface area contributed by atoms with E-state index >= 15 is 0 Å². The van der Waals surface area contributed by atoms with Crippen molar-refractivity contribution in [2.75, 3.05) is 35.7 Å². The molecule has 45 heavy (non-hydrogen) atoms. The molecule has 0 saturated carbocycles. The quantitative estimate of drug-likeness (QED) is 0.268. The lowest BCUT2D eigenvalue weighted by Gasteiger charge is -2.44. The number of hydrogen-bond donors (Lipinski definition) is 2. The van der Waals surface area contributed by atoms with Gasteiger partial charge in [-0.2, -0.15) is 0 Å². The van der Waals surface area contributed by atoms with Gasteiger partial charge in [0.25, 0.3) is 17.4 Å². The molecule has 4 aromatic rings. The first-order chi connectivity index (χ1) is 21.6. The summed E-state index contributed by atoms with van der Waals surface area (Å²) in [4.78, 5) is 41.3. The molecule has 12 heteroatoms. The van der Waals surface area contributed by atoms with Gasteiger partial charge in [-0.15, -0.1) is 13.2 Å². The molecule has 2 N–H and O–H groups in total. The number of rotatable bonds is 7. The first kappa shape index (κ1) is 29.8. The van der Waals surface area contributed by atoms with E-state index < -0.39 is 18.0 Å². The molecule has 2 bridgehead atoms. The summed E-state index contributed by atoms with van der Waals surface area (Å²) in [7, 11) is 1.53. The highest BCUT2D eigenvalue weighted by molar-refractivity contribution is 6.09. The Bertz CT molecular complexity index is 1790. The summed E-state index contributed by atoms with van der Waals surface area (Å²) < 4.78 is 48.5. The second kappa shape index (κ2) is 12.0. The minimum absolute atomic E-state index is 0.0130. The predicted octanol–water partition coefficient (Wildman–Crippen LogP) is 5.88. The molecule has 1 aromatic heterocycles. The number of ether oxygens (including phenoxy) is 2. The van der Waals surface area contributed by atoms with Gasteiger partial charge in [0.1, 0.15) is 11.5 Å². The molecule has 0 aliphatic carbocycles. The molecule has 0 spiro atoms. The first-order valence-electron chi connectivity index (χ1n) is 14.3. The van der Waals surface area contributed by atoms with Gasteiger partial charge >= 0.3 is 6.36 Å². The van der Waals surface area contributed by atoms with Crippen LogP contribution >= 0.6 is 0 Å². The van der Waals surface area contributed by atoms with Crippen molar-refractivity contribution in [1.29, 1.82) is 0 Å². The summed E-state index contributed by atoms with van der Waals surface area (Å²) in [5, 5.41) is 5.64. The van der Waals surface area contributed by atoms with Gasteiger partial charge in [-0.05, 0) is 85.1 Å². The first-order valence-corrected chi connectivity index (χ1v) is 14.3. The smallest absolute Gasteiger partial charge is 0.497 e. The van der Waals surface area contributed by atoms with E-state index in [1.807, 2.05) is 10.6 Å². The van der Waals surface area contributed by atoms with Gasteiger partial charge in [-0.25, -0.2) is 0 Å². The van der Waals surface area contributed by atoms with E-state index in [2.05, 4.69) is 20.3 Å². The fraction of sp³-hybridized carbons (Fsp3) is 0.242. The zero-order chi connectivity index (χ0) is 31.7.